The van der Waals surface area contributed by atoms with E-state index < -0.39 is 0 Å². The lowest BCUT2D eigenvalue weighted by atomic mass is 9.66. The Morgan fingerprint density at radius 2 is 1.87 bits per heavy atom. The molecule has 0 unspecified atom stereocenters. The van der Waals surface area contributed by atoms with Gasteiger partial charge >= 0.3 is 0 Å². The number of ether oxygens (including phenoxy) is 2. The van der Waals surface area contributed by atoms with Crippen LogP contribution in [0.25, 0.3) is 10.9 Å². The first kappa shape index (κ1) is 22.4. The van der Waals surface area contributed by atoms with E-state index in [9.17, 15) is 10.2 Å². The van der Waals surface area contributed by atoms with Crippen molar-refractivity contribution >= 4 is 10.9 Å². The third kappa shape index (κ3) is 4.54. The number of rotatable bonds is 7. The van der Waals surface area contributed by atoms with Crippen LogP contribution in [0.2, 0.25) is 0 Å². The van der Waals surface area contributed by atoms with Crippen LogP contribution in [0.15, 0.2) is 12.4 Å². The van der Waals surface area contributed by atoms with Crippen LogP contribution in [-0.4, -0.2) is 57.2 Å². The van der Waals surface area contributed by atoms with E-state index >= 15 is 0 Å². The molecule has 31 heavy (non-hydrogen) atoms. The third-order valence-electron chi connectivity index (χ3n) is 7.16. The first-order chi connectivity index (χ1) is 14.8. The minimum atomic E-state index is -0.359. The van der Waals surface area contributed by atoms with Crippen LogP contribution in [0, 0.1) is 11.3 Å². The Kier molecular flexibility index (Phi) is 6.47. The van der Waals surface area contributed by atoms with E-state index in [2.05, 4.69) is 16.9 Å². The molecule has 2 aromatic rings. The standard InChI is InChI=1S/C24H35N3O4/c1-14(13-30-4)9-21-25-12-18-22(27-21)17(15-5-7-16(28)8-6-15)11-26-23(18)31-20-10-19(29)24(20,2)3/h11-12,14-16,19-20,28-29H,5-10,13H2,1-4H3/t14-,15?,16?,19-,20+/m1/s1. The number of aromatic nitrogens is 3. The van der Waals surface area contributed by atoms with Crippen LogP contribution in [0.3, 0.4) is 0 Å². The Labute approximate surface area is 184 Å². The zero-order valence-corrected chi connectivity index (χ0v) is 19.0. The molecule has 0 spiro atoms. The number of fused-ring (bicyclic) bond motifs is 1. The first-order valence-electron chi connectivity index (χ1n) is 11.5. The molecule has 0 radical (unpaired) electrons. The predicted octanol–water partition coefficient (Wildman–Crippen LogP) is 3.41. The summed E-state index contributed by atoms with van der Waals surface area (Å²) in [5.41, 5.74) is 1.71. The van der Waals surface area contributed by atoms with Crippen LogP contribution in [-0.2, 0) is 11.2 Å². The van der Waals surface area contributed by atoms with Gasteiger partial charge in [-0.1, -0.05) is 20.8 Å². The molecule has 2 N–H and O–H groups in total. The van der Waals surface area contributed by atoms with Gasteiger partial charge in [-0.2, -0.15) is 0 Å². The van der Waals surface area contributed by atoms with Gasteiger partial charge in [0.15, 0.2) is 0 Å². The number of nitrogens with zero attached hydrogens (tertiary/aromatic N) is 3. The molecule has 0 aliphatic heterocycles. The van der Waals surface area contributed by atoms with Gasteiger partial charge < -0.3 is 19.7 Å². The number of hydrogen-bond acceptors (Lipinski definition) is 7. The van der Waals surface area contributed by atoms with E-state index in [0.29, 0.717) is 30.7 Å². The molecule has 170 valence electrons. The summed E-state index contributed by atoms with van der Waals surface area (Å²) in [6, 6.07) is 0. The highest BCUT2D eigenvalue weighted by Crippen LogP contribution is 2.44. The van der Waals surface area contributed by atoms with Gasteiger partial charge in [0.1, 0.15) is 11.9 Å². The SMILES string of the molecule is COC[C@H](C)Cc1ncc2c(O[C@H]3C[C@@H](O)C3(C)C)ncc(C3CCC(O)CC3)c2n1. The van der Waals surface area contributed by atoms with Gasteiger partial charge in [-0.3, -0.25) is 0 Å². The largest absolute Gasteiger partial charge is 0.473 e. The minimum Gasteiger partial charge on any atom is -0.473 e. The fraction of sp³-hybridized carbons (Fsp3) is 0.708. The zero-order valence-electron chi connectivity index (χ0n) is 19.0. The molecular formula is C24H35N3O4. The molecule has 7 nitrogen and oxygen atoms in total. The minimum absolute atomic E-state index is 0.0877. The number of hydrogen-bond donors (Lipinski definition) is 2. The maximum absolute atomic E-state index is 10.1. The number of aliphatic hydroxyl groups excluding tert-OH is 2. The van der Waals surface area contributed by atoms with Gasteiger partial charge in [-0.25, -0.2) is 15.0 Å². The van der Waals surface area contributed by atoms with Gasteiger partial charge in [-0.15, -0.1) is 0 Å². The molecule has 7 heteroatoms. The van der Waals surface area contributed by atoms with Gasteiger partial charge in [0, 0.05) is 49.9 Å². The monoisotopic (exact) mass is 429 g/mol. The van der Waals surface area contributed by atoms with E-state index in [1.165, 1.54) is 0 Å². The Morgan fingerprint density at radius 1 is 1.13 bits per heavy atom. The zero-order chi connectivity index (χ0) is 22.2. The van der Waals surface area contributed by atoms with Crippen molar-refractivity contribution in [3.05, 3.63) is 23.8 Å². The number of methoxy groups -OCH3 is 1. The van der Waals surface area contributed by atoms with E-state index in [1.54, 1.807) is 7.11 Å². The summed E-state index contributed by atoms with van der Waals surface area (Å²) in [5.74, 6) is 1.99. The Bertz CT molecular complexity index is 911. The molecule has 4 rings (SSSR count). The van der Waals surface area contributed by atoms with E-state index in [1.807, 2.05) is 26.2 Å². The van der Waals surface area contributed by atoms with E-state index in [4.69, 9.17) is 14.5 Å². The molecule has 2 saturated carbocycles. The van der Waals surface area contributed by atoms with Gasteiger partial charge in [-0.05, 0) is 37.5 Å². The summed E-state index contributed by atoms with van der Waals surface area (Å²) in [6.07, 6.45) is 7.91. The lowest BCUT2D eigenvalue weighted by Gasteiger charge is -2.48. The van der Waals surface area contributed by atoms with E-state index in [-0.39, 0.29) is 23.7 Å². The maximum Gasteiger partial charge on any atom is 0.224 e. The summed E-state index contributed by atoms with van der Waals surface area (Å²) in [6.45, 7) is 6.83. The topological polar surface area (TPSA) is 97.6 Å². The lowest BCUT2D eigenvalue weighted by Crippen LogP contribution is -2.56. The molecule has 2 heterocycles. The molecule has 0 bridgehead atoms. The molecule has 2 aliphatic rings. The second kappa shape index (κ2) is 8.96. The molecule has 0 saturated heterocycles. The second-order valence-electron chi connectivity index (χ2n) is 10.0. The molecule has 2 fully saturated rings. The fourth-order valence-electron chi connectivity index (χ4n) is 4.79. The molecule has 3 atom stereocenters. The lowest BCUT2D eigenvalue weighted by molar-refractivity contribution is -0.135. The van der Waals surface area contributed by atoms with E-state index in [0.717, 1.165) is 54.4 Å². The van der Waals surface area contributed by atoms with Crippen LogP contribution in [0.1, 0.15) is 70.2 Å². The normalized spacial score (nSPS) is 28.8. The summed E-state index contributed by atoms with van der Waals surface area (Å²) in [5, 5.41) is 20.8. The molecule has 2 aliphatic carbocycles. The average molecular weight is 430 g/mol. The first-order valence-corrected chi connectivity index (χ1v) is 11.5. The van der Waals surface area contributed by atoms with Crippen molar-refractivity contribution in [3.8, 4) is 5.88 Å². The van der Waals surface area contributed by atoms with Crippen molar-refractivity contribution in [1.82, 2.24) is 15.0 Å². The number of pyridine rings is 1. The summed E-state index contributed by atoms with van der Waals surface area (Å²) in [7, 11) is 1.71. The van der Waals surface area contributed by atoms with Crippen molar-refractivity contribution in [1.29, 1.82) is 0 Å². The highest BCUT2D eigenvalue weighted by atomic mass is 16.5. The Hall–Kier alpha value is -1.83. The summed E-state index contributed by atoms with van der Waals surface area (Å²) >= 11 is 0. The van der Waals surface area contributed by atoms with Crippen molar-refractivity contribution in [3.63, 3.8) is 0 Å². The quantitative estimate of drug-likeness (QED) is 0.696. The summed E-state index contributed by atoms with van der Waals surface area (Å²) in [4.78, 5) is 14.2. The third-order valence-corrected chi connectivity index (χ3v) is 7.16. The van der Waals surface area contributed by atoms with Crippen LogP contribution in [0.4, 0.5) is 0 Å². The Balaban J connectivity index is 1.68. The predicted molar refractivity (Wildman–Crippen MR) is 118 cm³/mol. The van der Waals surface area contributed by atoms with Crippen LogP contribution >= 0.6 is 0 Å². The van der Waals surface area contributed by atoms with Crippen LogP contribution in [0.5, 0.6) is 5.88 Å². The average Bonchev–Trinajstić information content (AvgIpc) is 2.74. The van der Waals surface area contributed by atoms with Gasteiger partial charge in [0.2, 0.25) is 5.88 Å². The molecule has 0 aromatic carbocycles. The Morgan fingerprint density at radius 3 is 2.52 bits per heavy atom. The van der Waals surface area contributed by atoms with Gasteiger partial charge in [0.25, 0.3) is 0 Å². The van der Waals surface area contributed by atoms with Crippen LogP contribution < -0.4 is 4.74 Å². The van der Waals surface area contributed by atoms with Gasteiger partial charge in [0.05, 0.1) is 23.1 Å². The fourth-order valence-corrected chi connectivity index (χ4v) is 4.79. The second-order valence-corrected chi connectivity index (χ2v) is 10.0. The highest BCUT2D eigenvalue weighted by molar-refractivity contribution is 5.85. The van der Waals surface area contributed by atoms with Crippen molar-refractivity contribution in [2.75, 3.05) is 13.7 Å². The highest BCUT2D eigenvalue weighted by Gasteiger charge is 2.49. The maximum atomic E-state index is 10.1. The molecule has 0 amide bonds. The van der Waals surface area contributed by atoms with Crippen molar-refractivity contribution in [2.24, 2.45) is 11.3 Å². The van der Waals surface area contributed by atoms with Crippen molar-refractivity contribution < 1.29 is 19.7 Å². The molecular weight excluding hydrogens is 394 g/mol. The number of aliphatic hydroxyl groups is 2. The molecule has 2 aromatic heterocycles. The van der Waals surface area contributed by atoms with Crippen molar-refractivity contribution in [2.45, 2.75) is 83.5 Å². The summed E-state index contributed by atoms with van der Waals surface area (Å²) < 4.78 is 11.5. The smallest absolute Gasteiger partial charge is 0.224 e.